The number of aliphatic hydroxyl groups is 1. The molecule has 2 N–H and O–H groups in total. The number of fused-ring (bicyclic) bond motifs is 1. The van der Waals surface area contributed by atoms with Crippen LogP contribution in [-0.2, 0) is 22.7 Å². The zero-order chi connectivity index (χ0) is 31.7. The van der Waals surface area contributed by atoms with Gasteiger partial charge in [0, 0.05) is 49.3 Å². The zero-order valence-electron chi connectivity index (χ0n) is 24.3. The number of anilines is 1. The molecule has 0 radical (unpaired) electrons. The molecule has 0 saturated carbocycles. The second-order valence-corrected chi connectivity index (χ2v) is 11.3. The number of aliphatic hydroxyl groups excluding tert-OH is 1. The lowest BCUT2D eigenvalue weighted by Gasteiger charge is -2.40. The van der Waals surface area contributed by atoms with Crippen LogP contribution in [0.15, 0.2) is 54.6 Å². The molecule has 0 unspecified atom stereocenters. The van der Waals surface area contributed by atoms with Gasteiger partial charge < -0.3 is 19.6 Å². The van der Waals surface area contributed by atoms with Crippen LogP contribution in [0.5, 0.6) is 5.75 Å². The largest absolute Gasteiger partial charge is 0.488 e. The van der Waals surface area contributed by atoms with Crippen molar-refractivity contribution in [3.63, 3.8) is 0 Å². The first kappa shape index (κ1) is 30.2. The topological polar surface area (TPSA) is 126 Å². The molecule has 2 saturated heterocycles. The van der Waals surface area contributed by atoms with Crippen molar-refractivity contribution in [3.05, 3.63) is 94.0 Å². The fourth-order valence-corrected chi connectivity index (χ4v) is 6.27. The van der Waals surface area contributed by atoms with Crippen molar-refractivity contribution in [2.24, 2.45) is 0 Å². The maximum atomic E-state index is 15.3. The quantitative estimate of drug-likeness (QED) is 0.371. The van der Waals surface area contributed by atoms with Gasteiger partial charge in [-0.05, 0) is 48.4 Å². The molecular weight excluding hydrogens is 584 g/mol. The molecule has 12 heteroatoms. The Hall–Kier alpha value is -4.86. The molecule has 0 spiro atoms. The Morgan fingerprint density at radius 2 is 1.82 bits per heavy atom. The fourth-order valence-electron chi connectivity index (χ4n) is 6.27. The minimum Gasteiger partial charge on any atom is -0.488 e. The van der Waals surface area contributed by atoms with Gasteiger partial charge in [-0.2, -0.15) is 5.26 Å². The molecule has 3 aromatic carbocycles. The first-order chi connectivity index (χ1) is 21.8. The molecule has 0 aliphatic carbocycles. The Bertz CT molecular complexity index is 1700. The average molecular weight is 616 g/mol. The zero-order valence-corrected chi connectivity index (χ0v) is 24.3. The van der Waals surface area contributed by atoms with Crippen LogP contribution in [0.25, 0.3) is 0 Å². The number of halogens is 2. The number of hydrogen-bond donors (Lipinski definition) is 2. The number of rotatable bonds is 8. The van der Waals surface area contributed by atoms with Gasteiger partial charge in [0.15, 0.2) is 0 Å². The van der Waals surface area contributed by atoms with Crippen molar-refractivity contribution in [3.8, 4) is 11.8 Å². The van der Waals surface area contributed by atoms with E-state index in [1.165, 1.54) is 17.0 Å². The molecule has 6 rings (SSSR count). The molecule has 10 nitrogen and oxygen atoms in total. The lowest BCUT2D eigenvalue weighted by Crippen LogP contribution is -2.52. The maximum absolute atomic E-state index is 15.3. The molecule has 3 aliphatic rings. The van der Waals surface area contributed by atoms with Crippen molar-refractivity contribution < 1.29 is 33.0 Å². The summed E-state index contributed by atoms with van der Waals surface area (Å²) in [6, 6.07) is 14.9. The van der Waals surface area contributed by atoms with Gasteiger partial charge >= 0.3 is 0 Å². The maximum Gasteiger partial charge on any atom is 0.255 e. The third-order valence-electron chi connectivity index (χ3n) is 8.73. The van der Waals surface area contributed by atoms with Gasteiger partial charge in [-0.3, -0.25) is 24.6 Å². The van der Waals surface area contributed by atoms with Crippen molar-refractivity contribution in [1.82, 2.24) is 15.1 Å². The highest BCUT2D eigenvalue weighted by Crippen LogP contribution is 2.34. The van der Waals surface area contributed by atoms with Crippen LogP contribution in [0.1, 0.15) is 51.5 Å². The van der Waals surface area contributed by atoms with E-state index in [2.05, 4.69) is 5.32 Å². The van der Waals surface area contributed by atoms with Gasteiger partial charge in [-0.15, -0.1) is 0 Å². The molecule has 3 heterocycles. The number of piperazine rings is 1. The van der Waals surface area contributed by atoms with Gasteiger partial charge in [-0.1, -0.05) is 18.2 Å². The van der Waals surface area contributed by atoms with Crippen LogP contribution in [0.3, 0.4) is 0 Å². The second kappa shape index (κ2) is 12.6. The predicted octanol–water partition coefficient (Wildman–Crippen LogP) is 3.03. The van der Waals surface area contributed by atoms with Gasteiger partial charge in [0.1, 0.15) is 30.0 Å². The second-order valence-electron chi connectivity index (χ2n) is 11.3. The standard InChI is InChI=1S/C33H31F2N5O5/c34-25-15-21(29(18-41)39-12-10-38(11-13-39)27-7-4-20(16-36)14-26(27)35)5-6-22(25)19-45-30-3-1-2-23-24(30)17-40(33(23)44)28-8-9-31(42)37-32(28)43/h1-7,14-15,28-29,41H,8-13,17-19H2,(H,37,42,43)/t28-,29+/m0/s1. The summed E-state index contributed by atoms with van der Waals surface area (Å²) >= 11 is 0. The number of hydrogen-bond acceptors (Lipinski definition) is 8. The van der Waals surface area contributed by atoms with Crippen molar-refractivity contribution in [2.45, 2.75) is 38.1 Å². The normalized spacial score (nSPS) is 19.2. The van der Waals surface area contributed by atoms with Gasteiger partial charge in [-0.25, -0.2) is 8.78 Å². The molecule has 3 aromatic rings. The van der Waals surface area contributed by atoms with E-state index in [-0.39, 0.29) is 50.0 Å². The number of piperidine rings is 1. The third-order valence-corrected chi connectivity index (χ3v) is 8.73. The molecule has 232 valence electrons. The Morgan fingerprint density at radius 1 is 1.02 bits per heavy atom. The summed E-state index contributed by atoms with van der Waals surface area (Å²) in [6.07, 6.45) is 0.402. The van der Waals surface area contributed by atoms with Gasteiger partial charge in [0.25, 0.3) is 5.91 Å². The molecule has 0 aromatic heterocycles. The van der Waals surface area contributed by atoms with Crippen LogP contribution in [-0.4, -0.2) is 71.5 Å². The number of carbonyl (C=O) groups is 3. The van der Waals surface area contributed by atoms with E-state index < -0.39 is 29.6 Å². The number of imide groups is 1. The highest BCUT2D eigenvalue weighted by molar-refractivity contribution is 6.05. The number of carbonyl (C=O) groups excluding carboxylic acids is 3. The summed E-state index contributed by atoms with van der Waals surface area (Å²) in [5.41, 5.74) is 2.57. The van der Waals surface area contributed by atoms with Crippen LogP contribution >= 0.6 is 0 Å². The third kappa shape index (κ3) is 5.96. The van der Waals surface area contributed by atoms with E-state index in [9.17, 15) is 23.9 Å². The molecule has 3 aliphatic heterocycles. The summed E-state index contributed by atoms with van der Waals surface area (Å²) in [4.78, 5) is 42.4. The smallest absolute Gasteiger partial charge is 0.255 e. The van der Waals surface area contributed by atoms with Gasteiger partial charge in [0.05, 0.1) is 36.5 Å². The number of nitrogens with one attached hydrogen (secondary N) is 1. The minimum absolute atomic E-state index is 0.103. The summed E-state index contributed by atoms with van der Waals surface area (Å²) < 4.78 is 35.8. The molecule has 45 heavy (non-hydrogen) atoms. The van der Waals surface area contributed by atoms with Crippen LogP contribution in [0.2, 0.25) is 0 Å². The van der Waals surface area contributed by atoms with E-state index in [0.29, 0.717) is 59.9 Å². The first-order valence-corrected chi connectivity index (χ1v) is 14.7. The van der Waals surface area contributed by atoms with E-state index in [0.717, 1.165) is 0 Å². The number of nitrogens with zero attached hydrogens (tertiary/aromatic N) is 4. The Kier molecular flexibility index (Phi) is 8.47. The Balaban J connectivity index is 1.09. The summed E-state index contributed by atoms with van der Waals surface area (Å²) in [7, 11) is 0. The highest BCUT2D eigenvalue weighted by Gasteiger charge is 2.40. The lowest BCUT2D eigenvalue weighted by molar-refractivity contribution is -0.136. The number of amides is 3. The SMILES string of the molecule is N#Cc1ccc(N2CCN([C@H](CO)c3ccc(COc4cccc5c4CN([C@H]4CCC(=O)NC4=O)C5=O)c(F)c3)CC2)c(F)c1. The Labute approximate surface area is 258 Å². The van der Waals surface area contributed by atoms with Crippen molar-refractivity contribution >= 4 is 23.4 Å². The van der Waals surface area contributed by atoms with Crippen LogP contribution in [0, 0.1) is 23.0 Å². The van der Waals surface area contributed by atoms with Crippen molar-refractivity contribution in [2.75, 3.05) is 37.7 Å². The molecule has 0 bridgehead atoms. The first-order valence-electron chi connectivity index (χ1n) is 14.7. The number of nitriles is 1. The number of ether oxygens (including phenoxy) is 1. The predicted molar refractivity (Wildman–Crippen MR) is 158 cm³/mol. The lowest BCUT2D eigenvalue weighted by atomic mass is 10.0. The summed E-state index contributed by atoms with van der Waals surface area (Å²) in [6.45, 7) is 1.84. The monoisotopic (exact) mass is 615 g/mol. The summed E-state index contributed by atoms with van der Waals surface area (Å²) in [5.74, 6) is -1.73. The molecule has 2 fully saturated rings. The molecule has 3 amide bonds. The van der Waals surface area contributed by atoms with Crippen molar-refractivity contribution in [1.29, 1.82) is 5.26 Å². The van der Waals surface area contributed by atoms with E-state index >= 15 is 4.39 Å². The average Bonchev–Trinajstić information content (AvgIpc) is 3.37. The minimum atomic E-state index is -0.750. The fraction of sp³-hybridized carbons (Fsp3) is 0.333. The van der Waals surface area contributed by atoms with E-state index in [1.54, 1.807) is 42.5 Å². The van der Waals surface area contributed by atoms with Crippen LogP contribution < -0.4 is 15.0 Å². The molecular formula is C33H31F2N5O5. The number of benzene rings is 3. The molecule has 2 atom stereocenters. The summed E-state index contributed by atoms with van der Waals surface area (Å²) in [5, 5.41) is 21.5. The van der Waals surface area contributed by atoms with Crippen LogP contribution in [0.4, 0.5) is 14.5 Å². The Morgan fingerprint density at radius 3 is 2.51 bits per heavy atom. The van der Waals surface area contributed by atoms with Gasteiger partial charge in [0.2, 0.25) is 11.8 Å². The highest BCUT2D eigenvalue weighted by atomic mass is 19.1. The van der Waals surface area contributed by atoms with E-state index in [1.807, 2.05) is 15.9 Å². The van der Waals surface area contributed by atoms with E-state index in [4.69, 9.17) is 10.00 Å².